The van der Waals surface area contributed by atoms with Crippen LogP contribution >= 0.6 is 0 Å². The number of nitriles is 1. The van der Waals surface area contributed by atoms with Crippen LogP contribution in [0.2, 0.25) is 0 Å². The Morgan fingerprint density at radius 1 is 1.44 bits per heavy atom. The number of hydrogen-bond acceptors (Lipinski definition) is 4. The molecule has 4 heteroatoms. The first-order valence-electron chi connectivity index (χ1n) is 5.97. The van der Waals surface area contributed by atoms with Crippen molar-refractivity contribution < 1.29 is 9.53 Å². The SMILES string of the molecule is COC(=O)CCNC1CCCCCC1C#N. The molecule has 0 heterocycles. The predicted octanol–water partition coefficient (Wildman–Crippen LogP) is 1.61. The molecule has 0 amide bonds. The Kier molecular flexibility index (Phi) is 5.87. The third-order valence-corrected chi connectivity index (χ3v) is 3.15. The molecule has 0 radical (unpaired) electrons. The average Bonchev–Trinajstić information content (AvgIpc) is 2.53. The molecular weight excluding hydrogens is 204 g/mol. The number of nitrogens with one attached hydrogen (secondary N) is 1. The lowest BCUT2D eigenvalue weighted by Gasteiger charge is -2.20. The summed E-state index contributed by atoms with van der Waals surface area (Å²) in [6.07, 6.45) is 5.94. The first kappa shape index (κ1) is 13.0. The van der Waals surface area contributed by atoms with Crippen LogP contribution in [0, 0.1) is 17.2 Å². The summed E-state index contributed by atoms with van der Waals surface area (Å²) in [5.74, 6) is -0.102. The van der Waals surface area contributed by atoms with Gasteiger partial charge in [-0.15, -0.1) is 0 Å². The van der Waals surface area contributed by atoms with Gasteiger partial charge in [-0.3, -0.25) is 4.79 Å². The summed E-state index contributed by atoms with van der Waals surface area (Å²) < 4.78 is 4.57. The second-order valence-corrected chi connectivity index (χ2v) is 4.26. The van der Waals surface area contributed by atoms with E-state index in [1.807, 2.05) is 0 Å². The summed E-state index contributed by atoms with van der Waals surface area (Å²) in [6, 6.07) is 2.61. The molecule has 0 aromatic carbocycles. The summed E-state index contributed by atoms with van der Waals surface area (Å²) in [6.45, 7) is 0.607. The zero-order valence-electron chi connectivity index (χ0n) is 9.87. The molecule has 0 saturated heterocycles. The number of ether oxygens (including phenoxy) is 1. The number of hydrogen-bond donors (Lipinski definition) is 1. The van der Waals surface area contributed by atoms with Crippen molar-refractivity contribution in [2.75, 3.05) is 13.7 Å². The van der Waals surface area contributed by atoms with E-state index in [-0.39, 0.29) is 17.9 Å². The van der Waals surface area contributed by atoms with Crippen molar-refractivity contribution in [3.63, 3.8) is 0 Å². The van der Waals surface area contributed by atoms with E-state index < -0.39 is 0 Å². The van der Waals surface area contributed by atoms with Crippen molar-refractivity contribution in [3.8, 4) is 6.07 Å². The minimum atomic E-state index is -0.199. The van der Waals surface area contributed by atoms with Crippen molar-refractivity contribution in [1.29, 1.82) is 5.26 Å². The van der Waals surface area contributed by atoms with Crippen LogP contribution in [0.25, 0.3) is 0 Å². The molecular formula is C12H20N2O2. The summed E-state index contributed by atoms with van der Waals surface area (Å²) in [4.78, 5) is 10.9. The molecule has 1 fully saturated rings. The van der Waals surface area contributed by atoms with Crippen molar-refractivity contribution in [1.82, 2.24) is 5.32 Å². The van der Waals surface area contributed by atoms with Crippen LogP contribution in [-0.4, -0.2) is 25.7 Å². The van der Waals surface area contributed by atoms with Crippen LogP contribution in [0.5, 0.6) is 0 Å². The summed E-state index contributed by atoms with van der Waals surface area (Å²) in [5.41, 5.74) is 0. The highest BCUT2D eigenvalue weighted by Crippen LogP contribution is 2.22. The Hall–Kier alpha value is -1.08. The van der Waals surface area contributed by atoms with Gasteiger partial charge in [-0.1, -0.05) is 19.3 Å². The smallest absolute Gasteiger partial charge is 0.306 e. The first-order valence-corrected chi connectivity index (χ1v) is 5.97. The molecule has 0 aromatic heterocycles. The Balaban J connectivity index is 2.32. The summed E-state index contributed by atoms with van der Waals surface area (Å²) >= 11 is 0. The highest BCUT2D eigenvalue weighted by Gasteiger charge is 2.22. The van der Waals surface area contributed by atoms with Crippen molar-refractivity contribution in [2.24, 2.45) is 5.92 Å². The number of nitrogens with zero attached hydrogens (tertiary/aromatic N) is 1. The lowest BCUT2D eigenvalue weighted by atomic mass is 9.96. The quantitative estimate of drug-likeness (QED) is 0.582. The van der Waals surface area contributed by atoms with Gasteiger partial charge in [0.25, 0.3) is 0 Å². The van der Waals surface area contributed by atoms with Crippen LogP contribution in [0.3, 0.4) is 0 Å². The van der Waals surface area contributed by atoms with E-state index in [2.05, 4.69) is 16.1 Å². The van der Waals surface area contributed by atoms with Crippen molar-refractivity contribution in [2.45, 2.75) is 44.6 Å². The minimum Gasteiger partial charge on any atom is -0.469 e. The van der Waals surface area contributed by atoms with Crippen LogP contribution in [-0.2, 0) is 9.53 Å². The predicted molar refractivity (Wildman–Crippen MR) is 60.6 cm³/mol. The van der Waals surface area contributed by atoms with E-state index >= 15 is 0 Å². The molecule has 1 aliphatic rings. The highest BCUT2D eigenvalue weighted by molar-refractivity contribution is 5.69. The first-order chi connectivity index (χ1) is 7.77. The second-order valence-electron chi connectivity index (χ2n) is 4.26. The largest absolute Gasteiger partial charge is 0.469 e. The van der Waals surface area contributed by atoms with Crippen LogP contribution in [0.15, 0.2) is 0 Å². The normalized spacial score (nSPS) is 25.5. The highest BCUT2D eigenvalue weighted by atomic mass is 16.5. The maximum Gasteiger partial charge on any atom is 0.306 e. The van der Waals surface area contributed by atoms with Gasteiger partial charge in [0.05, 0.1) is 25.5 Å². The molecule has 16 heavy (non-hydrogen) atoms. The zero-order chi connectivity index (χ0) is 11.8. The fourth-order valence-corrected chi connectivity index (χ4v) is 2.17. The number of methoxy groups -OCH3 is 1. The lowest BCUT2D eigenvalue weighted by Crippen LogP contribution is -2.36. The van der Waals surface area contributed by atoms with E-state index in [4.69, 9.17) is 5.26 Å². The number of esters is 1. The number of carbonyl (C=O) groups is 1. The second kappa shape index (κ2) is 7.24. The maximum atomic E-state index is 10.9. The van der Waals surface area contributed by atoms with Gasteiger partial charge in [0, 0.05) is 12.6 Å². The van der Waals surface area contributed by atoms with Gasteiger partial charge in [0.1, 0.15) is 0 Å². The molecule has 2 atom stereocenters. The van der Waals surface area contributed by atoms with Gasteiger partial charge >= 0.3 is 5.97 Å². The van der Waals surface area contributed by atoms with Crippen molar-refractivity contribution in [3.05, 3.63) is 0 Å². The third kappa shape index (κ3) is 4.19. The lowest BCUT2D eigenvalue weighted by molar-refractivity contribution is -0.140. The van der Waals surface area contributed by atoms with E-state index in [1.54, 1.807) is 0 Å². The van der Waals surface area contributed by atoms with E-state index in [1.165, 1.54) is 20.0 Å². The average molecular weight is 224 g/mol. The fraction of sp³-hybridized carbons (Fsp3) is 0.833. The molecule has 1 aliphatic carbocycles. The molecule has 1 N–H and O–H groups in total. The van der Waals surface area contributed by atoms with Crippen LogP contribution in [0.4, 0.5) is 0 Å². The molecule has 0 aliphatic heterocycles. The topological polar surface area (TPSA) is 62.1 Å². The monoisotopic (exact) mass is 224 g/mol. The Morgan fingerprint density at radius 3 is 2.88 bits per heavy atom. The van der Waals surface area contributed by atoms with Gasteiger partial charge in [-0.05, 0) is 12.8 Å². The molecule has 0 spiro atoms. The Bertz CT molecular complexity index is 260. The molecule has 1 rings (SSSR count). The molecule has 0 aromatic rings. The van der Waals surface area contributed by atoms with Crippen molar-refractivity contribution >= 4 is 5.97 Å². The standard InChI is InChI=1S/C12H20N2O2/c1-16-12(15)7-8-14-11-6-4-2-3-5-10(11)9-13/h10-11,14H,2-8H2,1H3. The molecule has 0 bridgehead atoms. The maximum absolute atomic E-state index is 10.9. The molecule has 2 unspecified atom stereocenters. The summed E-state index contributed by atoms with van der Waals surface area (Å²) in [7, 11) is 1.39. The number of carbonyl (C=O) groups excluding carboxylic acids is 1. The van der Waals surface area contributed by atoms with E-state index in [9.17, 15) is 4.79 Å². The summed E-state index contributed by atoms with van der Waals surface area (Å²) in [5, 5.41) is 12.4. The Labute approximate surface area is 97.0 Å². The van der Waals surface area contributed by atoms with E-state index in [0.29, 0.717) is 13.0 Å². The van der Waals surface area contributed by atoms with Gasteiger partial charge < -0.3 is 10.1 Å². The van der Waals surface area contributed by atoms with Crippen LogP contribution in [0.1, 0.15) is 38.5 Å². The zero-order valence-corrected chi connectivity index (χ0v) is 9.87. The fourth-order valence-electron chi connectivity index (χ4n) is 2.17. The Morgan fingerprint density at radius 2 is 2.19 bits per heavy atom. The molecule has 90 valence electrons. The van der Waals surface area contributed by atoms with Crippen LogP contribution < -0.4 is 5.32 Å². The van der Waals surface area contributed by atoms with Gasteiger partial charge in [-0.25, -0.2) is 0 Å². The molecule has 4 nitrogen and oxygen atoms in total. The molecule has 1 saturated carbocycles. The van der Waals surface area contributed by atoms with Gasteiger partial charge in [0.15, 0.2) is 0 Å². The van der Waals surface area contributed by atoms with Gasteiger partial charge in [-0.2, -0.15) is 5.26 Å². The number of rotatable bonds is 4. The van der Waals surface area contributed by atoms with Gasteiger partial charge in [0.2, 0.25) is 0 Å². The van der Waals surface area contributed by atoms with E-state index in [0.717, 1.165) is 19.3 Å². The minimum absolute atomic E-state index is 0.0974. The third-order valence-electron chi connectivity index (χ3n) is 3.15.